The Balaban J connectivity index is 1.31. The summed E-state index contributed by atoms with van der Waals surface area (Å²) in [5, 5.41) is 29.4. The van der Waals surface area contributed by atoms with Crippen LogP contribution in [0.2, 0.25) is 0 Å². The van der Waals surface area contributed by atoms with E-state index in [0.717, 1.165) is 50.7 Å². The zero-order valence-electron chi connectivity index (χ0n) is 23.6. The molecule has 2 amide bonds. The van der Waals surface area contributed by atoms with Gasteiger partial charge in [-0.2, -0.15) is 0 Å². The first-order valence-corrected chi connectivity index (χ1v) is 14.2. The van der Waals surface area contributed by atoms with Crippen molar-refractivity contribution in [3.05, 3.63) is 11.6 Å². The maximum absolute atomic E-state index is 12.1. The molecule has 4 N–H and O–H groups in total. The summed E-state index contributed by atoms with van der Waals surface area (Å²) in [6, 6.07) is -1.01. The van der Waals surface area contributed by atoms with E-state index in [1.54, 1.807) is 13.8 Å². The third-order valence-electron chi connectivity index (χ3n) is 10.4. The van der Waals surface area contributed by atoms with Crippen molar-refractivity contribution in [2.24, 2.45) is 39.7 Å². The summed E-state index contributed by atoms with van der Waals surface area (Å²) < 4.78 is 0. The van der Waals surface area contributed by atoms with Crippen LogP contribution in [0, 0.1) is 46.8 Å². The third kappa shape index (κ3) is 5.32. The minimum Gasteiger partial charge on any atom is -0.480 e. The number of carboxylic acid groups (broad SMARTS) is 1. The second kappa shape index (κ2) is 11.0. The minimum atomic E-state index is -1.12. The molecule has 7 atom stereocenters. The zero-order valence-corrected chi connectivity index (χ0v) is 23.6. The van der Waals surface area contributed by atoms with Crippen LogP contribution in [0.3, 0.4) is 0 Å². The van der Waals surface area contributed by atoms with E-state index < -0.39 is 29.4 Å². The summed E-state index contributed by atoms with van der Waals surface area (Å²) in [5.41, 5.74) is 1.10. The highest BCUT2D eigenvalue weighted by molar-refractivity contribution is 5.96. The number of hydrogen-bond donors (Lipinski definition) is 4. The van der Waals surface area contributed by atoms with Crippen LogP contribution in [0.25, 0.3) is 0 Å². The van der Waals surface area contributed by atoms with Crippen molar-refractivity contribution >= 4 is 23.5 Å². The number of fused-ring (bicyclic) bond motifs is 5. The zero-order chi connectivity index (χ0) is 28.6. The Morgan fingerprint density at radius 2 is 1.85 bits per heavy atom. The number of amides is 2. The summed E-state index contributed by atoms with van der Waals surface area (Å²) in [7, 11) is 0. The largest absolute Gasteiger partial charge is 0.480 e. The quantitative estimate of drug-likeness (QED) is 0.275. The van der Waals surface area contributed by atoms with Gasteiger partial charge in [0, 0.05) is 5.41 Å². The number of carbonyl (C=O) groups is 3. The number of nitrogens with one attached hydrogen (secondary N) is 2. The standard InChI is InChI=1S/C30H43N3O6/c1-6-30(38)14-11-23-21-8-7-19-15-20(9-12-28(19,4)22(21)10-13-29(23,30)5)33-39-17-25(35)31-16-24(34)32-26(18(2)3)27(36)37/h1,15,18,21-23,26,38H,7-14,16-17H2,2-5H3,(H,31,35)(H,32,34)(H,36,37)/b33-20+/t21-,22+,23+,26+,28+,29+,30-/m1/s1. The van der Waals surface area contributed by atoms with Gasteiger partial charge in [-0.05, 0) is 86.5 Å². The second-order valence-electron chi connectivity index (χ2n) is 12.8. The molecule has 0 aromatic carbocycles. The van der Waals surface area contributed by atoms with Crippen molar-refractivity contribution in [1.29, 1.82) is 0 Å². The van der Waals surface area contributed by atoms with Gasteiger partial charge in [0.2, 0.25) is 5.91 Å². The molecule has 4 aliphatic rings. The van der Waals surface area contributed by atoms with E-state index in [0.29, 0.717) is 24.2 Å². The fourth-order valence-corrected chi connectivity index (χ4v) is 8.04. The summed E-state index contributed by atoms with van der Waals surface area (Å²) in [4.78, 5) is 40.6. The Kier molecular flexibility index (Phi) is 8.18. The number of oxime groups is 1. The van der Waals surface area contributed by atoms with E-state index in [2.05, 4.69) is 41.6 Å². The predicted octanol–water partition coefficient (Wildman–Crippen LogP) is 3.03. The Hall–Kier alpha value is -2.86. The van der Waals surface area contributed by atoms with Crippen LogP contribution >= 0.6 is 0 Å². The molecule has 0 aromatic heterocycles. The van der Waals surface area contributed by atoms with Crippen LogP contribution in [0.1, 0.15) is 79.1 Å². The lowest BCUT2D eigenvalue weighted by Gasteiger charge is -2.58. The van der Waals surface area contributed by atoms with Gasteiger partial charge in [0.1, 0.15) is 11.6 Å². The summed E-state index contributed by atoms with van der Waals surface area (Å²) in [5.74, 6) is 1.85. The average molecular weight is 542 g/mol. The molecule has 0 aromatic rings. The van der Waals surface area contributed by atoms with Gasteiger partial charge in [0.15, 0.2) is 6.61 Å². The van der Waals surface area contributed by atoms with Gasteiger partial charge < -0.3 is 25.7 Å². The lowest BCUT2D eigenvalue weighted by molar-refractivity contribution is -0.143. The van der Waals surface area contributed by atoms with Gasteiger partial charge in [-0.25, -0.2) is 4.79 Å². The molecular weight excluding hydrogens is 498 g/mol. The average Bonchev–Trinajstić information content (AvgIpc) is 3.16. The van der Waals surface area contributed by atoms with Crippen molar-refractivity contribution in [2.45, 2.75) is 90.7 Å². The first-order chi connectivity index (χ1) is 18.3. The van der Waals surface area contributed by atoms with Crippen molar-refractivity contribution in [1.82, 2.24) is 10.6 Å². The van der Waals surface area contributed by atoms with E-state index in [1.165, 1.54) is 5.57 Å². The number of aliphatic carboxylic acids is 1. The Labute approximate surface area is 231 Å². The van der Waals surface area contributed by atoms with Crippen LogP contribution in [0.5, 0.6) is 0 Å². The van der Waals surface area contributed by atoms with E-state index in [4.69, 9.17) is 11.3 Å². The van der Waals surface area contributed by atoms with Gasteiger partial charge in [-0.3, -0.25) is 9.59 Å². The molecule has 0 saturated heterocycles. The molecule has 0 heterocycles. The number of carbonyl (C=O) groups excluding carboxylic acids is 2. The molecule has 0 bridgehead atoms. The molecule has 0 radical (unpaired) electrons. The number of allylic oxidation sites excluding steroid dienone is 2. The number of carboxylic acids is 1. The van der Waals surface area contributed by atoms with Crippen LogP contribution in [0.4, 0.5) is 0 Å². The van der Waals surface area contributed by atoms with Gasteiger partial charge in [0.25, 0.3) is 5.91 Å². The molecule has 9 nitrogen and oxygen atoms in total. The number of rotatable bonds is 8. The van der Waals surface area contributed by atoms with Gasteiger partial charge in [-0.15, -0.1) is 6.42 Å². The fourth-order valence-electron chi connectivity index (χ4n) is 8.04. The molecule has 39 heavy (non-hydrogen) atoms. The molecule has 0 unspecified atom stereocenters. The summed E-state index contributed by atoms with van der Waals surface area (Å²) in [6.45, 7) is 7.31. The highest BCUT2D eigenvalue weighted by Crippen LogP contribution is 2.67. The van der Waals surface area contributed by atoms with E-state index in [9.17, 15) is 24.6 Å². The van der Waals surface area contributed by atoms with Gasteiger partial charge in [-0.1, -0.05) is 44.3 Å². The molecule has 3 saturated carbocycles. The Morgan fingerprint density at radius 3 is 2.51 bits per heavy atom. The minimum absolute atomic E-state index is 0.0919. The molecule has 4 aliphatic carbocycles. The highest BCUT2D eigenvalue weighted by Gasteiger charge is 2.63. The lowest BCUT2D eigenvalue weighted by atomic mass is 9.46. The number of terminal acetylenes is 1. The number of aliphatic hydroxyl groups is 1. The van der Waals surface area contributed by atoms with Crippen molar-refractivity contribution in [3.8, 4) is 12.3 Å². The second-order valence-corrected chi connectivity index (χ2v) is 12.8. The van der Waals surface area contributed by atoms with E-state index >= 15 is 0 Å². The Bertz CT molecular complexity index is 1110. The van der Waals surface area contributed by atoms with E-state index in [1.807, 2.05) is 0 Å². The highest BCUT2D eigenvalue weighted by atomic mass is 16.6. The molecule has 4 rings (SSSR count). The topological polar surface area (TPSA) is 137 Å². The maximum atomic E-state index is 12.1. The smallest absolute Gasteiger partial charge is 0.326 e. The molecule has 214 valence electrons. The van der Waals surface area contributed by atoms with Crippen LogP contribution in [-0.4, -0.2) is 58.5 Å². The van der Waals surface area contributed by atoms with Gasteiger partial charge >= 0.3 is 5.97 Å². The van der Waals surface area contributed by atoms with Crippen molar-refractivity contribution in [3.63, 3.8) is 0 Å². The van der Waals surface area contributed by atoms with Crippen molar-refractivity contribution in [2.75, 3.05) is 13.2 Å². The number of nitrogens with zero attached hydrogens (tertiary/aromatic N) is 1. The first kappa shape index (κ1) is 29.1. The molecule has 0 spiro atoms. The molecule has 0 aliphatic heterocycles. The van der Waals surface area contributed by atoms with E-state index in [-0.39, 0.29) is 29.9 Å². The third-order valence-corrected chi connectivity index (χ3v) is 10.4. The Morgan fingerprint density at radius 1 is 1.13 bits per heavy atom. The maximum Gasteiger partial charge on any atom is 0.326 e. The molecule has 9 heteroatoms. The predicted molar refractivity (Wildman–Crippen MR) is 146 cm³/mol. The summed E-state index contributed by atoms with van der Waals surface area (Å²) in [6.07, 6.45) is 15.5. The monoisotopic (exact) mass is 541 g/mol. The van der Waals surface area contributed by atoms with Crippen molar-refractivity contribution < 1.29 is 29.4 Å². The lowest BCUT2D eigenvalue weighted by Crippen LogP contribution is -2.54. The van der Waals surface area contributed by atoms with Crippen LogP contribution < -0.4 is 10.6 Å². The van der Waals surface area contributed by atoms with Gasteiger partial charge in [0.05, 0.1) is 12.3 Å². The molecule has 3 fully saturated rings. The number of hydrogen-bond acceptors (Lipinski definition) is 6. The fraction of sp³-hybridized carbons (Fsp3) is 0.733. The summed E-state index contributed by atoms with van der Waals surface area (Å²) >= 11 is 0. The normalized spacial score (nSPS) is 37.0. The molecular formula is C30H43N3O6. The SMILES string of the molecule is C#C[C@@]1(O)CC[C@H]2[C@@H]3CCC4=C/C(=N/OCC(=O)NCC(=O)N[C@H](C(=O)O)C(C)C)CC[C@]4(C)[C@H]3CC[C@@]21C. The van der Waals surface area contributed by atoms with Crippen LogP contribution in [0.15, 0.2) is 16.8 Å². The first-order valence-electron chi connectivity index (χ1n) is 14.2. The van der Waals surface area contributed by atoms with Crippen LogP contribution in [-0.2, 0) is 19.2 Å².